The Labute approximate surface area is 97.6 Å². The van der Waals surface area contributed by atoms with Crippen LogP contribution in [0.4, 0.5) is 0 Å². The molecule has 0 rings (SSSR count). The second kappa shape index (κ2) is 16.4. The van der Waals surface area contributed by atoms with Crippen molar-refractivity contribution in [2.75, 3.05) is 0 Å². The zero-order valence-corrected chi connectivity index (χ0v) is 7.49. The van der Waals surface area contributed by atoms with Gasteiger partial charge in [-0.15, -0.1) is 0 Å². The molecule has 0 aliphatic heterocycles. The van der Waals surface area contributed by atoms with Crippen LogP contribution in [-0.2, 0) is 17.1 Å². The Kier molecular flexibility index (Phi) is 112. The summed E-state index contributed by atoms with van der Waals surface area (Å²) in [5, 5.41) is 0. The van der Waals surface area contributed by atoms with Crippen molar-refractivity contribution in [1.82, 2.24) is 0 Å². The van der Waals surface area contributed by atoms with Gasteiger partial charge in [0.05, 0.1) is 0 Å². The molecule has 0 aromatic heterocycles. The molecule has 0 unspecified atom stereocenters. The Bertz CT molecular complexity index is 8.00. The first kappa shape index (κ1) is 27.3. The van der Waals surface area contributed by atoms with Crippen LogP contribution < -0.4 is 0 Å². The third kappa shape index (κ3) is 8.94. The van der Waals surface area contributed by atoms with Gasteiger partial charge in [0.1, 0.15) is 0 Å². The Morgan fingerprint density at radius 2 is 1.00 bits per heavy atom. The summed E-state index contributed by atoms with van der Waals surface area (Å²) in [7, 11) is 0. The minimum atomic E-state index is 0. The van der Waals surface area contributed by atoms with E-state index in [1.54, 1.807) is 0 Å². The molecule has 0 saturated carbocycles. The molecular weight excluding hydrogens is 302 g/mol. The molecule has 0 bridgehead atoms. The van der Waals surface area contributed by atoms with Gasteiger partial charge >= 0.3 is 69.4 Å². The maximum atomic E-state index is 0. The summed E-state index contributed by atoms with van der Waals surface area (Å²) < 4.78 is 0. The van der Waals surface area contributed by atoms with Gasteiger partial charge in [0, 0.05) is 17.1 Å². The third-order valence-corrected chi connectivity index (χ3v) is 0. The molecule has 0 amide bonds. The normalized spacial score (nSPS) is 0. The maximum absolute atomic E-state index is 0. The zero-order chi connectivity index (χ0) is 0. The van der Waals surface area contributed by atoms with E-state index in [0.717, 1.165) is 0 Å². The second-order valence-electron chi connectivity index (χ2n) is 0. The van der Waals surface area contributed by atoms with Gasteiger partial charge in [0.25, 0.3) is 0 Å². The fourth-order valence-electron chi connectivity index (χ4n) is 0. The van der Waals surface area contributed by atoms with Crippen molar-refractivity contribution >= 4 is 82.9 Å². The molecule has 0 aromatic carbocycles. The van der Waals surface area contributed by atoms with Crippen molar-refractivity contribution in [3.8, 4) is 0 Å². The molecule has 0 nitrogen and oxygen atoms in total. The molecule has 29 valence electrons. The van der Waals surface area contributed by atoms with E-state index in [2.05, 4.69) is 0 Å². The summed E-state index contributed by atoms with van der Waals surface area (Å²) in [6.45, 7) is 0. The van der Waals surface area contributed by atoms with Crippen molar-refractivity contribution in [2.45, 2.75) is 0 Å². The predicted molar refractivity (Wildman–Crippen MR) is 27.5 cm³/mol. The van der Waals surface area contributed by atoms with Gasteiger partial charge < -0.3 is 0 Å². The van der Waals surface area contributed by atoms with Crippen molar-refractivity contribution < 1.29 is 17.1 Å². The summed E-state index contributed by atoms with van der Waals surface area (Å²) in [5.74, 6) is 0. The minimum absolute atomic E-state index is 0. The van der Waals surface area contributed by atoms with Crippen LogP contribution in [0.2, 0.25) is 0 Å². The molecule has 0 aliphatic carbocycles. The molecular formula is H6CuSSnSr. The monoisotopic (exact) mass is 309 g/mol. The Morgan fingerprint density at radius 3 is 1.00 bits per heavy atom. The van der Waals surface area contributed by atoms with E-state index in [0.29, 0.717) is 0 Å². The number of rotatable bonds is 0. The SMILES string of the molecule is S.[Cu].[SnH2].[SrH2]. The topological polar surface area (TPSA) is 0 Å². The average Bonchev–Trinajstić information content (AvgIpc) is 0. The van der Waals surface area contributed by atoms with Gasteiger partial charge in [-0.2, -0.15) is 13.5 Å². The molecule has 0 spiro atoms. The summed E-state index contributed by atoms with van der Waals surface area (Å²) in [5.41, 5.74) is 0. The molecule has 0 heterocycles. The second-order valence-corrected chi connectivity index (χ2v) is 0. The predicted octanol–water partition coefficient (Wildman–Crippen LogP) is -1.72. The van der Waals surface area contributed by atoms with Gasteiger partial charge in [0.2, 0.25) is 0 Å². The van der Waals surface area contributed by atoms with Crippen LogP contribution in [0.3, 0.4) is 0 Å². The van der Waals surface area contributed by atoms with Crippen LogP contribution in [0.25, 0.3) is 0 Å². The van der Waals surface area contributed by atoms with E-state index >= 15 is 0 Å². The fourth-order valence-corrected chi connectivity index (χ4v) is 0. The Morgan fingerprint density at radius 1 is 1.00 bits per heavy atom. The standard InChI is InChI=1S/Cu.H2S.Sn.Sr.4H/h;1H2;;;;;;. The molecule has 0 fully saturated rings. The van der Waals surface area contributed by atoms with E-state index in [1.807, 2.05) is 0 Å². The molecule has 0 aliphatic rings. The van der Waals surface area contributed by atoms with Crippen LogP contribution in [0.1, 0.15) is 0 Å². The van der Waals surface area contributed by atoms with Gasteiger partial charge in [-0.3, -0.25) is 0 Å². The quantitative estimate of drug-likeness (QED) is 0.467. The molecule has 4 heavy (non-hydrogen) atoms. The van der Waals surface area contributed by atoms with E-state index in [4.69, 9.17) is 0 Å². The molecule has 0 aromatic rings. The number of hydrogen-bond donors (Lipinski definition) is 0. The molecule has 0 saturated heterocycles. The van der Waals surface area contributed by atoms with E-state index in [9.17, 15) is 0 Å². The molecule has 3 radical (unpaired) electrons. The first-order valence-electron chi connectivity index (χ1n) is 0. The molecule has 4 heteroatoms. The van der Waals surface area contributed by atoms with Gasteiger partial charge in [0.15, 0.2) is 0 Å². The average molecular weight is 308 g/mol. The first-order chi connectivity index (χ1) is 0. The summed E-state index contributed by atoms with van der Waals surface area (Å²) in [6.07, 6.45) is 0. The van der Waals surface area contributed by atoms with Crippen molar-refractivity contribution in [3.63, 3.8) is 0 Å². The summed E-state index contributed by atoms with van der Waals surface area (Å²) in [6, 6.07) is 0. The van der Waals surface area contributed by atoms with Crippen molar-refractivity contribution in [3.05, 3.63) is 0 Å². The van der Waals surface area contributed by atoms with E-state index in [1.165, 1.54) is 0 Å². The summed E-state index contributed by atoms with van der Waals surface area (Å²) >= 11 is 0. The van der Waals surface area contributed by atoms with Crippen LogP contribution in [-0.4, -0.2) is 69.4 Å². The van der Waals surface area contributed by atoms with Crippen molar-refractivity contribution in [1.29, 1.82) is 0 Å². The van der Waals surface area contributed by atoms with Crippen LogP contribution in [0.5, 0.6) is 0 Å². The van der Waals surface area contributed by atoms with E-state index in [-0.39, 0.29) is 100.0 Å². The molecule has 0 N–H and O–H groups in total. The van der Waals surface area contributed by atoms with Gasteiger partial charge in [-0.05, 0) is 0 Å². The van der Waals surface area contributed by atoms with Gasteiger partial charge in [-0.1, -0.05) is 0 Å². The molecule has 0 atom stereocenters. The zero-order valence-electron chi connectivity index (χ0n) is 1.51. The third-order valence-electron chi connectivity index (χ3n) is 0. The first-order valence-corrected chi connectivity index (χ1v) is 0. The van der Waals surface area contributed by atoms with E-state index < -0.39 is 0 Å². The Hall–Kier alpha value is 3.15. The van der Waals surface area contributed by atoms with Crippen LogP contribution in [0, 0.1) is 0 Å². The summed E-state index contributed by atoms with van der Waals surface area (Å²) in [4.78, 5) is 0. The Balaban J connectivity index is 0. The van der Waals surface area contributed by atoms with Crippen LogP contribution in [0.15, 0.2) is 0 Å². The van der Waals surface area contributed by atoms with Crippen LogP contribution >= 0.6 is 13.5 Å². The van der Waals surface area contributed by atoms with Gasteiger partial charge in [-0.25, -0.2) is 0 Å². The van der Waals surface area contributed by atoms with Crippen molar-refractivity contribution in [2.24, 2.45) is 0 Å². The fraction of sp³-hybridized carbons (Fsp3) is 0. The number of hydrogen-bond acceptors (Lipinski definition) is 0.